The van der Waals surface area contributed by atoms with Crippen molar-refractivity contribution in [3.05, 3.63) is 48.5 Å². The lowest BCUT2D eigenvalue weighted by Gasteiger charge is -2.31. The first-order valence-electron chi connectivity index (χ1n) is 8.61. The van der Waals surface area contributed by atoms with Crippen LogP contribution < -0.4 is 5.32 Å². The van der Waals surface area contributed by atoms with Crippen LogP contribution in [0.25, 0.3) is 5.69 Å². The molecule has 1 aromatic heterocycles. The molecule has 2 aromatic rings. The number of para-hydroxylation sites is 1. The molecule has 1 N–H and O–H groups in total. The highest BCUT2D eigenvalue weighted by Gasteiger charge is 2.44. The molecule has 1 aromatic carbocycles. The average molecular weight is 295 g/mol. The first-order chi connectivity index (χ1) is 10.8. The van der Waals surface area contributed by atoms with Crippen molar-refractivity contribution in [2.24, 2.45) is 5.41 Å². The van der Waals surface area contributed by atoms with Gasteiger partial charge in [-0.2, -0.15) is 0 Å². The first kappa shape index (κ1) is 14.0. The number of nitrogens with zero attached hydrogens (tertiary/aromatic N) is 2. The van der Waals surface area contributed by atoms with Crippen LogP contribution in [0.4, 0.5) is 0 Å². The summed E-state index contributed by atoms with van der Waals surface area (Å²) in [5.74, 6) is 1.11. The van der Waals surface area contributed by atoms with Crippen LogP contribution in [0.2, 0.25) is 0 Å². The second-order valence-corrected chi connectivity index (χ2v) is 7.15. The van der Waals surface area contributed by atoms with Crippen molar-refractivity contribution in [1.29, 1.82) is 0 Å². The van der Waals surface area contributed by atoms with E-state index in [0.717, 1.165) is 11.2 Å². The molecule has 116 valence electrons. The molecule has 1 heterocycles. The third-order valence-electron chi connectivity index (χ3n) is 5.58. The molecule has 1 atom stereocenters. The van der Waals surface area contributed by atoms with Crippen molar-refractivity contribution in [1.82, 2.24) is 14.9 Å². The molecule has 1 spiro atoms. The second-order valence-electron chi connectivity index (χ2n) is 7.15. The Morgan fingerprint density at radius 2 is 1.86 bits per heavy atom. The topological polar surface area (TPSA) is 29.9 Å². The van der Waals surface area contributed by atoms with Gasteiger partial charge in [0.05, 0.1) is 6.04 Å². The molecule has 0 bridgehead atoms. The zero-order valence-corrected chi connectivity index (χ0v) is 13.3. The highest BCUT2D eigenvalue weighted by molar-refractivity contribution is 5.33. The summed E-state index contributed by atoms with van der Waals surface area (Å²) in [6.07, 6.45) is 12.4. The molecule has 2 saturated carbocycles. The van der Waals surface area contributed by atoms with Gasteiger partial charge in [-0.05, 0) is 63.0 Å². The van der Waals surface area contributed by atoms with E-state index in [9.17, 15) is 0 Å². The maximum absolute atomic E-state index is 4.60. The Bertz CT molecular complexity index is 617. The zero-order chi connectivity index (χ0) is 15.0. The molecule has 0 amide bonds. The summed E-state index contributed by atoms with van der Waals surface area (Å²) in [6, 6.07) is 11.4. The Balaban J connectivity index is 1.45. The van der Waals surface area contributed by atoms with Gasteiger partial charge in [0, 0.05) is 24.1 Å². The fraction of sp³-hybridized carbons (Fsp3) is 0.526. The molecular formula is C19H25N3. The quantitative estimate of drug-likeness (QED) is 0.914. The maximum atomic E-state index is 4.60. The van der Waals surface area contributed by atoms with Crippen LogP contribution in [0, 0.1) is 5.41 Å². The number of nitrogens with one attached hydrogen (secondary N) is 1. The van der Waals surface area contributed by atoms with Gasteiger partial charge >= 0.3 is 0 Å². The minimum absolute atomic E-state index is 0.286. The Morgan fingerprint density at radius 1 is 1.14 bits per heavy atom. The van der Waals surface area contributed by atoms with Gasteiger partial charge in [0.15, 0.2) is 0 Å². The predicted molar refractivity (Wildman–Crippen MR) is 89.0 cm³/mol. The molecular weight excluding hydrogens is 270 g/mol. The highest BCUT2D eigenvalue weighted by atomic mass is 15.1. The van der Waals surface area contributed by atoms with Crippen LogP contribution in [0.15, 0.2) is 42.7 Å². The molecule has 4 rings (SSSR count). The summed E-state index contributed by atoms with van der Waals surface area (Å²) < 4.78 is 2.20. The molecule has 3 nitrogen and oxygen atoms in total. The van der Waals surface area contributed by atoms with Crippen LogP contribution in [0.5, 0.6) is 0 Å². The third-order valence-corrected chi connectivity index (χ3v) is 5.58. The van der Waals surface area contributed by atoms with E-state index in [0.29, 0.717) is 6.04 Å². The maximum Gasteiger partial charge on any atom is 0.130 e. The van der Waals surface area contributed by atoms with Gasteiger partial charge in [-0.15, -0.1) is 0 Å². The Kier molecular flexibility index (Phi) is 3.53. The van der Waals surface area contributed by atoms with Gasteiger partial charge in [0.1, 0.15) is 5.82 Å². The molecule has 0 aliphatic heterocycles. The lowest BCUT2D eigenvalue weighted by Crippen LogP contribution is -2.36. The number of hydrogen-bond donors (Lipinski definition) is 1. The molecule has 22 heavy (non-hydrogen) atoms. The number of benzene rings is 1. The van der Waals surface area contributed by atoms with E-state index in [1.54, 1.807) is 0 Å². The van der Waals surface area contributed by atoms with Gasteiger partial charge < -0.3 is 9.88 Å². The van der Waals surface area contributed by atoms with Crippen molar-refractivity contribution in [3.8, 4) is 5.69 Å². The summed E-state index contributed by atoms with van der Waals surface area (Å²) in [5, 5.41) is 3.81. The van der Waals surface area contributed by atoms with Gasteiger partial charge in [-0.25, -0.2) is 4.98 Å². The summed E-state index contributed by atoms with van der Waals surface area (Å²) in [4.78, 5) is 4.60. The average Bonchev–Trinajstić information content (AvgIpc) is 3.12. The highest BCUT2D eigenvalue weighted by Crippen LogP contribution is 2.56. The van der Waals surface area contributed by atoms with Crippen LogP contribution in [0.1, 0.15) is 57.3 Å². The van der Waals surface area contributed by atoms with Crippen LogP contribution in [0.3, 0.4) is 0 Å². The summed E-state index contributed by atoms with van der Waals surface area (Å²) in [7, 11) is 0. The van der Waals surface area contributed by atoms with E-state index in [2.05, 4.69) is 58.3 Å². The van der Waals surface area contributed by atoms with Crippen molar-refractivity contribution in [2.75, 3.05) is 0 Å². The normalized spacial score (nSPS) is 21.9. The Hall–Kier alpha value is -1.61. The van der Waals surface area contributed by atoms with Crippen molar-refractivity contribution in [3.63, 3.8) is 0 Å². The summed E-state index contributed by atoms with van der Waals surface area (Å²) >= 11 is 0. The van der Waals surface area contributed by atoms with Crippen LogP contribution in [-0.4, -0.2) is 15.6 Å². The molecule has 2 aliphatic rings. The molecule has 0 saturated heterocycles. The number of imidazole rings is 1. The van der Waals surface area contributed by atoms with E-state index < -0.39 is 0 Å². The Morgan fingerprint density at radius 3 is 2.55 bits per heavy atom. The number of aromatic nitrogens is 2. The SMILES string of the molecule is CC(NC1CCC2(CC1)CC2)c1nccn1-c1ccccc1. The van der Waals surface area contributed by atoms with Gasteiger partial charge in [0.25, 0.3) is 0 Å². The monoisotopic (exact) mass is 295 g/mol. The van der Waals surface area contributed by atoms with E-state index in [1.807, 2.05) is 6.20 Å². The fourth-order valence-corrected chi connectivity index (χ4v) is 3.94. The molecule has 2 fully saturated rings. The lowest BCUT2D eigenvalue weighted by atomic mass is 9.83. The first-order valence-corrected chi connectivity index (χ1v) is 8.61. The Labute approximate surface area is 132 Å². The minimum Gasteiger partial charge on any atom is -0.305 e. The number of hydrogen-bond acceptors (Lipinski definition) is 2. The van der Waals surface area contributed by atoms with Crippen LogP contribution >= 0.6 is 0 Å². The standard InChI is InChI=1S/C19H25N3/c1-15(21-16-7-9-19(10-8-16)11-12-19)18-20-13-14-22(18)17-5-3-2-4-6-17/h2-6,13-16,21H,7-12H2,1H3. The summed E-state index contributed by atoms with van der Waals surface area (Å²) in [6.45, 7) is 2.24. The van der Waals surface area contributed by atoms with Gasteiger partial charge in [-0.1, -0.05) is 18.2 Å². The van der Waals surface area contributed by atoms with E-state index >= 15 is 0 Å². The molecule has 2 aliphatic carbocycles. The van der Waals surface area contributed by atoms with E-state index in [-0.39, 0.29) is 6.04 Å². The van der Waals surface area contributed by atoms with E-state index in [4.69, 9.17) is 0 Å². The fourth-order valence-electron chi connectivity index (χ4n) is 3.94. The van der Waals surface area contributed by atoms with Gasteiger partial charge in [-0.3, -0.25) is 0 Å². The molecule has 1 unspecified atom stereocenters. The third kappa shape index (κ3) is 2.70. The largest absolute Gasteiger partial charge is 0.305 e. The van der Waals surface area contributed by atoms with Crippen LogP contribution in [-0.2, 0) is 0 Å². The van der Waals surface area contributed by atoms with Crippen molar-refractivity contribution in [2.45, 2.75) is 57.5 Å². The smallest absolute Gasteiger partial charge is 0.130 e. The van der Waals surface area contributed by atoms with E-state index in [1.165, 1.54) is 44.2 Å². The zero-order valence-electron chi connectivity index (χ0n) is 13.3. The van der Waals surface area contributed by atoms with Gasteiger partial charge in [0.2, 0.25) is 0 Å². The molecule has 0 radical (unpaired) electrons. The molecule has 3 heteroatoms. The van der Waals surface area contributed by atoms with Crippen molar-refractivity contribution >= 4 is 0 Å². The van der Waals surface area contributed by atoms with Crippen molar-refractivity contribution < 1.29 is 0 Å². The second kappa shape index (κ2) is 5.54. The minimum atomic E-state index is 0.286. The number of rotatable bonds is 4. The predicted octanol–water partition coefficient (Wildman–Crippen LogP) is 4.25. The summed E-state index contributed by atoms with van der Waals surface area (Å²) in [5.41, 5.74) is 1.95. The lowest BCUT2D eigenvalue weighted by molar-refractivity contribution is 0.260.